The van der Waals surface area contributed by atoms with Crippen molar-refractivity contribution in [1.82, 2.24) is 0 Å². The van der Waals surface area contributed by atoms with Crippen molar-refractivity contribution in [2.24, 2.45) is 0 Å². The highest BCUT2D eigenvalue weighted by Gasteiger charge is 2.86. The molecule has 3 atom stereocenters. The van der Waals surface area contributed by atoms with E-state index in [0.29, 0.717) is 0 Å². The van der Waals surface area contributed by atoms with Gasteiger partial charge in [-0.2, -0.15) is 74.6 Å². The van der Waals surface area contributed by atoms with Gasteiger partial charge in [0.15, 0.2) is 0 Å². The minimum absolute atomic E-state index is 1.14. The second-order valence-corrected chi connectivity index (χ2v) is 5.34. The number of carbonyl (C=O) groups excluding carboxylic acids is 1. The number of hydrogen-bond acceptors (Lipinski definition) is 4. The van der Waals surface area contributed by atoms with Crippen LogP contribution in [-0.2, 0) is 19.0 Å². The van der Waals surface area contributed by atoms with Gasteiger partial charge in [0, 0.05) is 0 Å². The van der Waals surface area contributed by atoms with E-state index in [2.05, 4.69) is 0 Å². The predicted octanol–water partition coefficient (Wildman–Crippen LogP) is 5.92. The van der Waals surface area contributed by atoms with E-state index in [1.165, 1.54) is 4.74 Å². The summed E-state index contributed by atoms with van der Waals surface area (Å²) in [6.07, 6.45) is -47.5. The largest absolute Gasteiger partial charge is 0.525 e. The average Bonchev–Trinajstić information content (AvgIpc) is 2.48. The van der Waals surface area contributed by atoms with Crippen molar-refractivity contribution in [2.45, 2.75) is 54.7 Å². The van der Waals surface area contributed by atoms with Gasteiger partial charge in [-0.3, -0.25) is 14.3 Å². The summed E-state index contributed by atoms with van der Waals surface area (Å²) in [5.74, 6) is -23.8. The van der Waals surface area contributed by atoms with E-state index in [1.807, 2.05) is 0 Å². The third-order valence-electron chi connectivity index (χ3n) is 2.89. The SMILES string of the molecule is O=C(F)C(F)(OC(F)(F)C(F)(OC(F)(F)C(F)(OC(F)(F)F)C(F)(F)F)C(F)(F)F)C(F)(F)F. The molecule has 0 aromatic carbocycles. The van der Waals surface area contributed by atoms with Crippen LogP contribution in [-0.4, -0.2) is 60.7 Å². The monoisotopic (exact) mass is 564 g/mol. The third kappa shape index (κ3) is 5.68. The molecule has 0 amide bonds. The molecule has 24 heteroatoms. The van der Waals surface area contributed by atoms with Gasteiger partial charge < -0.3 is 0 Å². The van der Waals surface area contributed by atoms with Gasteiger partial charge in [-0.05, 0) is 0 Å². The van der Waals surface area contributed by atoms with E-state index in [4.69, 9.17) is 0 Å². The van der Waals surface area contributed by atoms with Gasteiger partial charge in [0.25, 0.3) is 0 Å². The lowest BCUT2D eigenvalue weighted by Gasteiger charge is -2.41. The summed E-state index contributed by atoms with van der Waals surface area (Å²) in [6.45, 7) is 0. The molecule has 0 fully saturated rings. The molecular weight excluding hydrogens is 564 g/mol. The van der Waals surface area contributed by atoms with E-state index in [0.717, 1.165) is 9.47 Å². The molecule has 0 aromatic rings. The maximum atomic E-state index is 13.8. The smallest absolute Gasteiger partial charge is 0.263 e. The minimum atomic E-state index is -8.38. The van der Waals surface area contributed by atoms with Crippen molar-refractivity contribution in [1.29, 1.82) is 0 Å². The molecule has 3 unspecified atom stereocenters. The quantitative estimate of drug-likeness (QED) is 0.272. The summed E-state index contributed by atoms with van der Waals surface area (Å²) in [6, 6.07) is -4.88. The van der Waals surface area contributed by atoms with Crippen LogP contribution in [0.5, 0.6) is 0 Å². The maximum Gasteiger partial charge on any atom is 0.525 e. The Morgan fingerprint density at radius 2 is 0.735 bits per heavy atom. The molecule has 0 saturated heterocycles. The van der Waals surface area contributed by atoms with Crippen LogP contribution in [0.25, 0.3) is 0 Å². The summed E-state index contributed by atoms with van der Waals surface area (Å²) < 4.78 is 257. The fraction of sp³-hybridized carbons (Fsp3) is 0.900. The van der Waals surface area contributed by atoms with Crippen LogP contribution in [0.4, 0.5) is 87.8 Å². The van der Waals surface area contributed by atoms with Crippen molar-refractivity contribution in [3.8, 4) is 0 Å². The normalized spacial score (nSPS) is 20.4. The Labute approximate surface area is 169 Å². The van der Waals surface area contributed by atoms with Crippen molar-refractivity contribution < 1.29 is 107 Å². The highest BCUT2D eigenvalue weighted by atomic mass is 19.4. The van der Waals surface area contributed by atoms with E-state index < -0.39 is 60.7 Å². The lowest BCUT2D eigenvalue weighted by molar-refractivity contribution is -0.574. The van der Waals surface area contributed by atoms with Gasteiger partial charge in [0.05, 0.1) is 0 Å². The standard InChI is InChI=1S/C10F20O4/c11-1(31)2(12,5(15,16)17)32-8(24,25)3(13,6(18,19)20)33-9(26,27)4(14,7(21,22)23)34-10(28,29)30. The molecule has 0 radical (unpaired) electrons. The molecule has 0 aliphatic heterocycles. The summed E-state index contributed by atoms with van der Waals surface area (Å²) in [5.41, 5.74) is 0. The van der Waals surface area contributed by atoms with E-state index in [-0.39, 0.29) is 0 Å². The van der Waals surface area contributed by atoms with Gasteiger partial charge >= 0.3 is 60.7 Å². The first-order valence-corrected chi connectivity index (χ1v) is 6.71. The molecule has 34 heavy (non-hydrogen) atoms. The highest BCUT2D eigenvalue weighted by molar-refractivity contribution is 5.77. The minimum Gasteiger partial charge on any atom is -0.263 e. The molecule has 0 N–H and O–H groups in total. The fourth-order valence-electron chi connectivity index (χ4n) is 1.42. The number of carbonyl (C=O) groups is 1. The zero-order valence-electron chi connectivity index (χ0n) is 14.2. The Kier molecular flexibility index (Phi) is 7.92. The van der Waals surface area contributed by atoms with Crippen molar-refractivity contribution in [3.05, 3.63) is 0 Å². The van der Waals surface area contributed by atoms with Crippen LogP contribution in [0.15, 0.2) is 0 Å². The van der Waals surface area contributed by atoms with Crippen molar-refractivity contribution >= 4 is 6.04 Å². The molecule has 204 valence electrons. The second-order valence-electron chi connectivity index (χ2n) is 5.34. The Hall–Kier alpha value is -1.85. The summed E-state index contributed by atoms with van der Waals surface area (Å²) in [7, 11) is 0. The van der Waals surface area contributed by atoms with Gasteiger partial charge in [0.1, 0.15) is 0 Å². The second kappa shape index (κ2) is 8.37. The first-order valence-electron chi connectivity index (χ1n) is 6.71. The van der Waals surface area contributed by atoms with E-state index >= 15 is 0 Å². The zero-order chi connectivity index (χ0) is 28.2. The summed E-state index contributed by atoms with van der Waals surface area (Å²) >= 11 is 0. The van der Waals surface area contributed by atoms with Crippen molar-refractivity contribution in [3.63, 3.8) is 0 Å². The first kappa shape index (κ1) is 32.1. The van der Waals surface area contributed by atoms with E-state index in [1.54, 1.807) is 0 Å². The molecule has 0 saturated carbocycles. The van der Waals surface area contributed by atoms with Crippen LogP contribution in [0.2, 0.25) is 0 Å². The van der Waals surface area contributed by atoms with Crippen LogP contribution in [0.3, 0.4) is 0 Å². The van der Waals surface area contributed by atoms with Crippen LogP contribution >= 0.6 is 0 Å². The third-order valence-corrected chi connectivity index (χ3v) is 2.89. The lowest BCUT2D eigenvalue weighted by Crippen LogP contribution is -2.69. The predicted molar refractivity (Wildman–Crippen MR) is 55.0 cm³/mol. The Bertz CT molecular complexity index is 748. The first-order chi connectivity index (χ1) is 14.3. The molecule has 0 aliphatic carbocycles. The van der Waals surface area contributed by atoms with Gasteiger partial charge in [0.2, 0.25) is 0 Å². The number of halogens is 20. The number of alkyl halides is 19. The Morgan fingerprint density at radius 3 is 0.971 bits per heavy atom. The number of ether oxygens (including phenoxy) is 3. The fourth-order valence-corrected chi connectivity index (χ4v) is 1.42. The van der Waals surface area contributed by atoms with Crippen LogP contribution in [0, 0.1) is 0 Å². The molecule has 4 nitrogen and oxygen atoms in total. The van der Waals surface area contributed by atoms with E-state index in [9.17, 15) is 92.6 Å². The van der Waals surface area contributed by atoms with Crippen molar-refractivity contribution in [2.75, 3.05) is 0 Å². The van der Waals surface area contributed by atoms with Gasteiger partial charge in [-0.1, -0.05) is 0 Å². The zero-order valence-corrected chi connectivity index (χ0v) is 14.2. The summed E-state index contributed by atoms with van der Waals surface area (Å²) in [4.78, 5) is 9.93. The molecular formula is C10F20O4. The lowest BCUT2D eigenvalue weighted by atomic mass is 10.2. The molecule has 0 aromatic heterocycles. The Morgan fingerprint density at radius 1 is 0.441 bits per heavy atom. The molecule has 0 heterocycles. The molecule has 0 rings (SSSR count). The molecule has 0 aliphatic rings. The summed E-state index contributed by atoms with van der Waals surface area (Å²) in [5, 5.41) is 0. The van der Waals surface area contributed by atoms with Gasteiger partial charge in [-0.25, -0.2) is 4.74 Å². The van der Waals surface area contributed by atoms with Gasteiger partial charge in [-0.15, -0.1) is 13.2 Å². The molecule has 0 bridgehead atoms. The number of rotatable bonds is 8. The number of hydrogen-bond donors (Lipinski definition) is 0. The highest BCUT2D eigenvalue weighted by Crippen LogP contribution is 2.57. The molecule has 0 spiro atoms. The maximum absolute atomic E-state index is 13.8. The Balaban J connectivity index is 6.93. The van der Waals surface area contributed by atoms with Crippen LogP contribution < -0.4 is 0 Å². The topological polar surface area (TPSA) is 44.8 Å². The van der Waals surface area contributed by atoms with Crippen LogP contribution in [0.1, 0.15) is 0 Å². The average molecular weight is 564 g/mol.